The number of hydrogen-bond donors (Lipinski definition) is 2. The predicted octanol–water partition coefficient (Wildman–Crippen LogP) is 1.20. The molecule has 0 radical (unpaired) electrons. The van der Waals surface area contributed by atoms with Gasteiger partial charge >= 0.3 is 0 Å². The molecule has 0 saturated heterocycles. The number of rotatable bonds is 6. The van der Waals surface area contributed by atoms with E-state index in [1.807, 2.05) is 6.92 Å². The Morgan fingerprint density at radius 1 is 1.44 bits per heavy atom. The Balaban J connectivity index is 2.81. The van der Waals surface area contributed by atoms with E-state index in [2.05, 4.69) is 5.32 Å². The first kappa shape index (κ1) is 14.3. The zero-order valence-corrected chi connectivity index (χ0v) is 10.9. The van der Waals surface area contributed by atoms with Crippen LogP contribution in [-0.2, 0) is 0 Å². The van der Waals surface area contributed by atoms with Crippen LogP contribution >= 0.6 is 0 Å². The third-order valence-electron chi connectivity index (χ3n) is 2.28. The van der Waals surface area contributed by atoms with E-state index in [0.29, 0.717) is 23.7 Å². The lowest BCUT2D eigenvalue weighted by Crippen LogP contribution is -2.30. The molecule has 0 spiro atoms. The SMILES string of the molecule is CCOc1ccc(C(=O)NC[C@H](C)O)cc1OC. The summed E-state index contributed by atoms with van der Waals surface area (Å²) < 4.78 is 10.5. The molecule has 1 aromatic carbocycles. The molecule has 18 heavy (non-hydrogen) atoms. The maximum atomic E-state index is 11.8. The van der Waals surface area contributed by atoms with Crippen LogP contribution in [0.5, 0.6) is 11.5 Å². The van der Waals surface area contributed by atoms with Gasteiger partial charge in [0, 0.05) is 12.1 Å². The Morgan fingerprint density at radius 2 is 2.17 bits per heavy atom. The molecule has 0 aliphatic rings. The average molecular weight is 253 g/mol. The number of ether oxygens (including phenoxy) is 2. The van der Waals surface area contributed by atoms with E-state index in [4.69, 9.17) is 14.6 Å². The molecule has 5 nitrogen and oxygen atoms in total. The number of benzene rings is 1. The fourth-order valence-corrected chi connectivity index (χ4v) is 1.43. The van der Waals surface area contributed by atoms with Gasteiger partial charge in [0.05, 0.1) is 19.8 Å². The molecule has 1 atom stereocenters. The standard InChI is InChI=1S/C13H19NO4/c1-4-18-11-6-5-10(7-12(11)17-3)13(16)14-8-9(2)15/h5-7,9,15H,4,8H2,1-3H3,(H,14,16)/t9-/m0/s1. The molecular weight excluding hydrogens is 234 g/mol. The second-order valence-corrected chi connectivity index (χ2v) is 3.86. The fraction of sp³-hybridized carbons (Fsp3) is 0.462. The zero-order chi connectivity index (χ0) is 13.5. The van der Waals surface area contributed by atoms with Crippen molar-refractivity contribution in [2.24, 2.45) is 0 Å². The molecule has 0 fully saturated rings. The van der Waals surface area contributed by atoms with Crippen molar-refractivity contribution in [3.8, 4) is 11.5 Å². The third kappa shape index (κ3) is 3.92. The van der Waals surface area contributed by atoms with Gasteiger partial charge in [-0.3, -0.25) is 4.79 Å². The van der Waals surface area contributed by atoms with Crippen molar-refractivity contribution >= 4 is 5.91 Å². The highest BCUT2D eigenvalue weighted by molar-refractivity contribution is 5.94. The summed E-state index contributed by atoms with van der Waals surface area (Å²) in [6.07, 6.45) is -0.571. The number of aliphatic hydroxyl groups is 1. The summed E-state index contributed by atoms with van der Waals surface area (Å²) in [4.78, 5) is 11.8. The minimum Gasteiger partial charge on any atom is -0.493 e. The van der Waals surface area contributed by atoms with Crippen molar-refractivity contribution in [1.29, 1.82) is 0 Å². The van der Waals surface area contributed by atoms with Gasteiger partial charge in [-0.25, -0.2) is 0 Å². The van der Waals surface area contributed by atoms with Crippen molar-refractivity contribution in [3.05, 3.63) is 23.8 Å². The quantitative estimate of drug-likeness (QED) is 0.799. The van der Waals surface area contributed by atoms with Gasteiger partial charge in [0.15, 0.2) is 11.5 Å². The van der Waals surface area contributed by atoms with Crippen LogP contribution in [0.15, 0.2) is 18.2 Å². The Labute approximate surface area is 107 Å². The summed E-state index contributed by atoms with van der Waals surface area (Å²) in [6, 6.07) is 4.97. The summed E-state index contributed by atoms with van der Waals surface area (Å²) in [5.41, 5.74) is 0.468. The summed E-state index contributed by atoms with van der Waals surface area (Å²) >= 11 is 0. The average Bonchev–Trinajstić information content (AvgIpc) is 2.36. The van der Waals surface area contributed by atoms with Gasteiger partial charge < -0.3 is 19.9 Å². The molecule has 0 aliphatic carbocycles. The van der Waals surface area contributed by atoms with Crippen LogP contribution in [0, 0.1) is 0 Å². The molecule has 0 aromatic heterocycles. The molecule has 1 rings (SSSR count). The molecule has 1 amide bonds. The molecule has 2 N–H and O–H groups in total. The van der Waals surface area contributed by atoms with E-state index in [-0.39, 0.29) is 12.5 Å². The van der Waals surface area contributed by atoms with Gasteiger partial charge in [-0.2, -0.15) is 0 Å². The van der Waals surface area contributed by atoms with Crippen LogP contribution in [0.25, 0.3) is 0 Å². The molecule has 0 heterocycles. The summed E-state index contributed by atoms with van der Waals surface area (Å²) in [5, 5.41) is 11.7. The van der Waals surface area contributed by atoms with Crippen molar-refractivity contribution in [2.45, 2.75) is 20.0 Å². The van der Waals surface area contributed by atoms with Crippen LogP contribution in [0.1, 0.15) is 24.2 Å². The van der Waals surface area contributed by atoms with Crippen LogP contribution in [0.2, 0.25) is 0 Å². The molecule has 5 heteroatoms. The first-order chi connectivity index (χ1) is 8.58. The van der Waals surface area contributed by atoms with Crippen LogP contribution < -0.4 is 14.8 Å². The summed E-state index contributed by atoms with van der Waals surface area (Å²) in [5.74, 6) is 0.867. The summed E-state index contributed by atoms with van der Waals surface area (Å²) in [6.45, 7) is 4.24. The Hall–Kier alpha value is -1.75. The largest absolute Gasteiger partial charge is 0.493 e. The minimum atomic E-state index is -0.571. The van der Waals surface area contributed by atoms with Gasteiger partial charge in [-0.05, 0) is 32.0 Å². The molecule has 0 saturated carbocycles. The smallest absolute Gasteiger partial charge is 0.251 e. The van der Waals surface area contributed by atoms with Crippen molar-refractivity contribution in [2.75, 3.05) is 20.3 Å². The maximum Gasteiger partial charge on any atom is 0.251 e. The third-order valence-corrected chi connectivity index (χ3v) is 2.28. The molecular formula is C13H19NO4. The van der Waals surface area contributed by atoms with Gasteiger partial charge in [0.25, 0.3) is 5.91 Å². The molecule has 0 aliphatic heterocycles. The number of hydrogen-bond acceptors (Lipinski definition) is 4. The Kier molecular flexibility index (Phi) is 5.45. The number of methoxy groups -OCH3 is 1. The first-order valence-electron chi connectivity index (χ1n) is 5.85. The molecule has 100 valence electrons. The van der Waals surface area contributed by atoms with E-state index >= 15 is 0 Å². The maximum absolute atomic E-state index is 11.8. The van der Waals surface area contributed by atoms with E-state index < -0.39 is 6.10 Å². The van der Waals surface area contributed by atoms with Crippen molar-refractivity contribution in [1.82, 2.24) is 5.32 Å². The topological polar surface area (TPSA) is 67.8 Å². The Bertz CT molecular complexity index is 404. The lowest BCUT2D eigenvalue weighted by atomic mass is 10.2. The van der Waals surface area contributed by atoms with E-state index in [0.717, 1.165) is 0 Å². The monoisotopic (exact) mass is 253 g/mol. The number of amides is 1. The van der Waals surface area contributed by atoms with Gasteiger partial charge in [0.2, 0.25) is 0 Å². The number of aliphatic hydroxyl groups excluding tert-OH is 1. The lowest BCUT2D eigenvalue weighted by molar-refractivity contribution is 0.0923. The van der Waals surface area contributed by atoms with E-state index in [1.54, 1.807) is 25.1 Å². The lowest BCUT2D eigenvalue weighted by Gasteiger charge is -2.11. The van der Waals surface area contributed by atoms with Crippen molar-refractivity contribution in [3.63, 3.8) is 0 Å². The van der Waals surface area contributed by atoms with Crippen LogP contribution in [0.3, 0.4) is 0 Å². The van der Waals surface area contributed by atoms with Crippen LogP contribution in [-0.4, -0.2) is 37.4 Å². The van der Waals surface area contributed by atoms with Crippen molar-refractivity contribution < 1.29 is 19.4 Å². The highest BCUT2D eigenvalue weighted by Crippen LogP contribution is 2.27. The first-order valence-corrected chi connectivity index (χ1v) is 5.85. The molecule has 1 aromatic rings. The normalized spacial score (nSPS) is 11.8. The number of carbonyl (C=O) groups is 1. The highest BCUT2D eigenvalue weighted by Gasteiger charge is 2.11. The molecule has 0 bridgehead atoms. The second-order valence-electron chi connectivity index (χ2n) is 3.86. The van der Waals surface area contributed by atoms with E-state index in [9.17, 15) is 4.79 Å². The highest BCUT2D eigenvalue weighted by atomic mass is 16.5. The van der Waals surface area contributed by atoms with E-state index in [1.165, 1.54) is 7.11 Å². The fourth-order valence-electron chi connectivity index (χ4n) is 1.43. The van der Waals surface area contributed by atoms with Gasteiger partial charge in [0.1, 0.15) is 0 Å². The van der Waals surface area contributed by atoms with Crippen LogP contribution in [0.4, 0.5) is 0 Å². The predicted molar refractivity (Wildman–Crippen MR) is 68.2 cm³/mol. The molecule has 0 unspecified atom stereocenters. The van der Waals surface area contributed by atoms with Gasteiger partial charge in [-0.15, -0.1) is 0 Å². The zero-order valence-electron chi connectivity index (χ0n) is 10.9. The van der Waals surface area contributed by atoms with Gasteiger partial charge in [-0.1, -0.05) is 0 Å². The summed E-state index contributed by atoms with van der Waals surface area (Å²) in [7, 11) is 1.52. The number of carbonyl (C=O) groups excluding carboxylic acids is 1. The Morgan fingerprint density at radius 3 is 2.72 bits per heavy atom. The minimum absolute atomic E-state index is 0.217. The number of nitrogens with one attached hydrogen (secondary N) is 1. The second kappa shape index (κ2) is 6.86.